The summed E-state index contributed by atoms with van der Waals surface area (Å²) in [5.74, 6) is -0.485. The number of nitriles is 1. The zero-order chi connectivity index (χ0) is 23.1. The van der Waals surface area contributed by atoms with Gasteiger partial charge in [-0.1, -0.05) is 30.3 Å². The predicted octanol–water partition coefficient (Wildman–Crippen LogP) is 3.41. The number of nitrogens with two attached hydrogens (primary N) is 1. The molecule has 0 bridgehead atoms. The van der Waals surface area contributed by atoms with Gasteiger partial charge in [0.2, 0.25) is 0 Å². The maximum absolute atomic E-state index is 13.1. The lowest BCUT2D eigenvalue weighted by Gasteiger charge is -2.39. The van der Waals surface area contributed by atoms with E-state index < -0.39 is 29.9 Å². The minimum Gasteiger partial charge on any atom is -0.371 e. The zero-order valence-electron chi connectivity index (χ0n) is 17.3. The molecule has 0 saturated heterocycles. The Bertz CT molecular complexity index is 1120. The molecule has 2 heterocycles. The van der Waals surface area contributed by atoms with Gasteiger partial charge in [-0.15, -0.1) is 0 Å². The number of alkyl halides is 3. The van der Waals surface area contributed by atoms with Crippen molar-refractivity contribution >= 4 is 12.2 Å². The first kappa shape index (κ1) is 21.8. The van der Waals surface area contributed by atoms with Gasteiger partial charge in [-0.25, -0.2) is 4.99 Å². The fourth-order valence-corrected chi connectivity index (χ4v) is 4.44. The first-order chi connectivity index (χ1) is 15.2. The van der Waals surface area contributed by atoms with Crippen LogP contribution in [0.4, 0.5) is 13.2 Å². The van der Waals surface area contributed by atoms with Gasteiger partial charge < -0.3 is 15.7 Å². The number of aliphatic imine (C=N–C) groups is 2. The van der Waals surface area contributed by atoms with Gasteiger partial charge >= 0.3 is 6.18 Å². The van der Waals surface area contributed by atoms with E-state index in [2.05, 4.69) is 16.1 Å². The molecule has 0 fully saturated rings. The summed E-state index contributed by atoms with van der Waals surface area (Å²) in [5.41, 5.74) is 7.42. The van der Waals surface area contributed by atoms with Crippen LogP contribution in [-0.4, -0.2) is 47.7 Å². The first-order valence-corrected chi connectivity index (χ1v) is 10.1. The van der Waals surface area contributed by atoms with Crippen LogP contribution in [0, 0.1) is 17.2 Å². The van der Waals surface area contributed by atoms with Crippen LogP contribution >= 0.6 is 0 Å². The summed E-state index contributed by atoms with van der Waals surface area (Å²) >= 11 is 0. The highest BCUT2D eigenvalue weighted by atomic mass is 19.4. The Balaban J connectivity index is 1.81. The summed E-state index contributed by atoms with van der Waals surface area (Å²) in [6.07, 6.45) is -4.37. The van der Waals surface area contributed by atoms with E-state index >= 15 is 0 Å². The van der Waals surface area contributed by atoms with Crippen LogP contribution in [0.15, 0.2) is 58.5 Å². The molecule has 2 aromatic carbocycles. The normalized spacial score (nSPS) is 27.8. The van der Waals surface area contributed by atoms with Crippen molar-refractivity contribution in [1.82, 2.24) is 4.90 Å². The molecular weight excluding hydrogens is 419 g/mol. The van der Waals surface area contributed by atoms with E-state index in [-0.39, 0.29) is 18.8 Å². The maximum atomic E-state index is 13.1. The summed E-state index contributed by atoms with van der Waals surface area (Å²) in [5, 5.41) is 20.4. The number of likely N-dealkylation sites (N-methyl/N-ethyl adjacent to an activating group) is 1. The number of hydrogen-bond donors (Lipinski definition) is 2. The second kappa shape index (κ2) is 7.95. The number of benzene rings is 2. The number of aliphatic hydroxyl groups excluding tert-OH is 1. The average Bonchev–Trinajstić information content (AvgIpc) is 3.03. The Morgan fingerprint density at radius 3 is 2.41 bits per heavy atom. The molecule has 2 aliphatic heterocycles. The Labute approximate surface area is 183 Å². The fraction of sp³-hybridized carbons (Fsp3) is 0.348. The number of guanidine groups is 1. The number of nitrogens with zero attached hydrogens (tertiary/aromatic N) is 4. The van der Waals surface area contributed by atoms with E-state index in [1.165, 1.54) is 11.1 Å². The molecule has 0 amide bonds. The fourth-order valence-electron chi connectivity index (χ4n) is 4.44. The van der Waals surface area contributed by atoms with Crippen molar-refractivity contribution in [3.63, 3.8) is 0 Å². The molecule has 166 valence electrons. The van der Waals surface area contributed by atoms with Gasteiger partial charge in [0.1, 0.15) is 11.6 Å². The van der Waals surface area contributed by atoms with Crippen molar-refractivity contribution in [2.24, 2.45) is 21.6 Å². The van der Waals surface area contributed by atoms with E-state index in [1.54, 1.807) is 37.4 Å². The summed E-state index contributed by atoms with van der Waals surface area (Å²) in [6.45, 7) is 0. The highest BCUT2D eigenvalue weighted by Crippen LogP contribution is 2.46. The Morgan fingerprint density at radius 1 is 1.16 bits per heavy atom. The molecule has 0 radical (unpaired) electrons. The maximum Gasteiger partial charge on any atom is 0.410 e. The monoisotopic (exact) mass is 441 g/mol. The van der Waals surface area contributed by atoms with Crippen molar-refractivity contribution in [2.75, 3.05) is 7.05 Å². The molecule has 9 heteroatoms. The smallest absolute Gasteiger partial charge is 0.371 e. The van der Waals surface area contributed by atoms with Gasteiger partial charge in [-0.3, -0.25) is 4.99 Å². The van der Waals surface area contributed by atoms with Crippen LogP contribution in [0.2, 0.25) is 0 Å². The molecule has 2 aliphatic rings. The SMILES string of the molecule is CN1C(N)=NC(c2cccc(-c3cccc(C#N)c3)c2)(C2C=NC(C(F)(F)F)CC2)C1O. The first-order valence-electron chi connectivity index (χ1n) is 10.1. The lowest BCUT2D eigenvalue weighted by Crippen LogP contribution is -2.50. The van der Waals surface area contributed by atoms with Crippen LogP contribution in [0.5, 0.6) is 0 Å². The minimum absolute atomic E-state index is 0.0979. The van der Waals surface area contributed by atoms with Crippen molar-refractivity contribution in [3.8, 4) is 17.2 Å². The molecular formula is C23H22F3N5O. The van der Waals surface area contributed by atoms with Gasteiger partial charge in [0.15, 0.2) is 12.2 Å². The van der Waals surface area contributed by atoms with E-state index in [0.717, 1.165) is 11.1 Å². The topological polar surface area (TPSA) is 98.0 Å². The van der Waals surface area contributed by atoms with Gasteiger partial charge in [-0.05, 0) is 47.7 Å². The molecule has 2 aromatic rings. The summed E-state index contributed by atoms with van der Waals surface area (Å²) in [7, 11) is 1.59. The van der Waals surface area contributed by atoms with Gasteiger partial charge in [0.25, 0.3) is 0 Å². The molecule has 4 atom stereocenters. The van der Waals surface area contributed by atoms with E-state index in [0.29, 0.717) is 11.1 Å². The van der Waals surface area contributed by atoms with Gasteiger partial charge in [-0.2, -0.15) is 18.4 Å². The predicted molar refractivity (Wildman–Crippen MR) is 115 cm³/mol. The molecule has 0 saturated carbocycles. The van der Waals surface area contributed by atoms with Crippen LogP contribution in [0.1, 0.15) is 24.0 Å². The van der Waals surface area contributed by atoms with E-state index in [9.17, 15) is 23.5 Å². The van der Waals surface area contributed by atoms with Crippen LogP contribution in [-0.2, 0) is 5.54 Å². The second-order valence-corrected chi connectivity index (χ2v) is 8.09. The second-order valence-electron chi connectivity index (χ2n) is 8.09. The summed E-state index contributed by atoms with van der Waals surface area (Å²) in [4.78, 5) is 9.75. The average molecular weight is 441 g/mol. The van der Waals surface area contributed by atoms with Crippen molar-refractivity contribution in [2.45, 2.75) is 36.8 Å². The third-order valence-corrected chi connectivity index (χ3v) is 6.21. The lowest BCUT2D eigenvalue weighted by atomic mass is 9.73. The third kappa shape index (κ3) is 3.60. The molecule has 4 unspecified atom stereocenters. The molecule has 0 aliphatic carbocycles. The molecule has 3 N–H and O–H groups in total. The van der Waals surface area contributed by atoms with E-state index in [1.807, 2.05) is 18.2 Å². The quantitative estimate of drug-likeness (QED) is 0.763. The number of aliphatic hydroxyl groups is 1. The third-order valence-electron chi connectivity index (χ3n) is 6.21. The standard InChI is InChI=1S/C23H22F3N5O/c1-31-20(32)22(30-21(31)28,18-8-9-19(29-13-18)23(24,25)26)17-7-3-6-16(11-17)15-5-2-4-14(10-15)12-27/h2-7,10-11,13,18-20,32H,8-9H2,1H3,(H2,28,30). The van der Waals surface area contributed by atoms with Crippen molar-refractivity contribution in [3.05, 3.63) is 59.7 Å². The van der Waals surface area contributed by atoms with Crippen LogP contribution in [0.25, 0.3) is 11.1 Å². The Kier molecular flexibility index (Phi) is 5.42. The Hall–Kier alpha value is -3.38. The summed E-state index contributed by atoms with van der Waals surface area (Å²) in [6, 6.07) is 14.7. The van der Waals surface area contributed by atoms with Crippen molar-refractivity contribution in [1.29, 1.82) is 5.26 Å². The van der Waals surface area contributed by atoms with Crippen LogP contribution in [0.3, 0.4) is 0 Å². The highest BCUT2D eigenvalue weighted by molar-refractivity contribution is 5.83. The Morgan fingerprint density at radius 2 is 1.84 bits per heavy atom. The molecule has 32 heavy (non-hydrogen) atoms. The van der Waals surface area contributed by atoms with Gasteiger partial charge in [0.05, 0.1) is 11.6 Å². The van der Waals surface area contributed by atoms with Crippen LogP contribution < -0.4 is 5.73 Å². The molecule has 0 aromatic heterocycles. The van der Waals surface area contributed by atoms with E-state index in [4.69, 9.17) is 5.73 Å². The van der Waals surface area contributed by atoms with Gasteiger partial charge in [0, 0.05) is 19.2 Å². The highest BCUT2D eigenvalue weighted by Gasteiger charge is 2.54. The number of rotatable bonds is 3. The lowest BCUT2D eigenvalue weighted by molar-refractivity contribution is -0.150. The minimum atomic E-state index is -4.41. The molecule has 6 nitrogen and oxygen atoms in total. The van der Waals surface area contributed by atoms with Crippen molar-refractivity contribution < 1.29 is 18.3 Å². The largest absolute Gasteiger partial charge is 0.410 e. The number of hydrogen-bond acceptors (Lipinski definition) is 6. The summed E-state index contributed by atoms with van der Waals surface area (Å²) < 4.78 is 39.4. The zero-order valence-corrected chi connectivity index (χ0v) is 17.3. The molecule has 4 rings (SSSR count). The number of halogens is 3. The molecule has 0 spiro atoms.